The van der Waals surface area contributed by atoms with Crippen molar-refractivity contribution < 1.29 is 8.42 Å². The molecule has 0 amide bonds. The van der Waals surface area contributed by atoms with Gasteiger partial charge in [0, 0.05) is 11.6 Å². The summed E-state index contributed by atoms with van der Waals surface area (Å²) < 4.78 is 27.1. The second kappa shape index (κ2) is 13.8. The number of rotatable bonds is 15. The van der Waals surface area contributed by atoms with Crippen molar-refractivity contribution in [3.63, 3.8) is 0 Å². The Bertz CT molecular complexity index is 606. The molecule has 0 fully saturated rings. The van der Waals surface area contributed by atoms with E-state index >= 15 is 0 Å². The van der Waals surface area contributed by atoms with Crippen molar-refractivity contribution in [1.82, 2.24) is 4.72 Å². The highest BCUT2D eigenvalue weighted by atomic mass is 35.5. The number of benzene rings is 1. The van der Waals surface area contributed by atoms with Gasteiger partial charge in [0.2, 0.25) is 10.0 Å². The van der Waals surface area contributed by atoms with Crippen LogP contribution < -0.4 is 4.72 Å². The molecule has 1 rings (SSSR count). The molecule has 26 heavy (non-hydrogen) atoms. The quantitative estimate of drug-likeness (QED) is 0.310. The summed E-state index contributed by atoms with van der Waals surface area (Å²) >= 11 is 11.8. The first-order chi connectivity index (χ1) is 12.5. The van der Waals surface area contributed by atoms with Crippen molar-refractivity contribution in [1.29, 1.82) is 0 Å². The minimum atomic E-state index is -3.59. The fourth-order valence-electron chi connectivity index (χ4n) is 2.93. The summed E-state index contributed by atoms with van der Waals surface area (Å²) in [6, 6.07) is 4.46. The number of nitrogens with one attached hydrogen (secondary N) is 1. The molecule has 0 aromatic heterocycles. The summed E-state index contributed by atoms with van der Waals surface area (Å²) in [5, 5.41) is 0.553. The minimum absolute atomic E-state index is 0.0469. The molecule has 3 nitrogen and oxygen atoms in total. The Balaban J connectivity index is 2.06. The topological polar surface area (TPSA) is 46.2 Å². The van der Waals surface area contributed by atoms with E-state index in [2.05, 4.69) is 11.6 Å². The third-order valence-corrected chi connectivity index (χ3v) is 6.68. The highest BCUT2D eigenvalue weighted by molar-refractivity contribution is 7.89. The Morgan fingerprint density at radius 1 is 0.808 bits per heavy atom. The molecule has 0 aliphatic carbocycles. The van der Waals surface area contributed by atoms with Crippen LogP contribution in [0.4, 0.5) is 0 Å². The van der Waals surface area contributed by atoms with Crippen molar-refractivity contribution in [3.8, 4) is 0 Å². The summed E-state index contributed by atoms with van der Waals surface area (Å²) in [4.78, 5) is 0.0469. The summed E-state index contributed by atoms with van der Waals surface area (Å²) in [7, 11) is -3.59. The molecule has 150 valence electrons. The van der Waals surface area contributed by atoms with Gasteiger partial charge in [-0.3, -0.25) is 0 Å². The second-order valence-corrected chi connectivity index (χ2v) is 9.44. The highest BCUT2D eigenvalue weighted by Crippen LogP contribution is 2.24. The monoisotopic (exact) mass is 421 g/mol. The standard InChI is InChI=1S/C20H33Cl2NO2S/c1-2-3-4-5-6-7-8-9-10-11-12-13-16-23-26(24,25)20-17-18(21)14-15-19(20)22/h14-15,17,23H,2-13,16H2,1H3. The lowest BCUT2D eigenvalue weighted by Crippen LogP contribution is -2.25. The second-order valence-electron chi connectivity index (χ2n) is 6.86. The van der Waals surface area contributed by atoms with Crippen LogP contribution >= 0.6 is 23.2 Å². The Morgan fingerprint density at radius 3 is 1.85 bits per heavy atom. The summed E-state index contributed by atoms with van der Waals surface area (Å²) in [6.45, 7) is 2.68. The molecule has 0 bridgehead atoms. The molecule has 0 radical (unpaired) electrons. The zero-order valence-corrected chi connectivity index (χ0v) is 18.2. The maximum Gasteiger partial charge on any atom is 0.242 e. The third-order valence-electron chi connectivity index (χ3n) is 4.51. The van der Waals surface area contributed by atoms with Gasteiger partial charge in [-0.2, -0.15) is 0 Å². The van der Waals surface area contributed by atoms with Gasteiger partial charge in [0.15, 0.2) is 0 Å². The van der Waals surface area contributed by atoms with Crippen LogP contribution in [0.15, 0.2) is 23.1 Å². The molecule has 0 saturated heterocycles. The van der Waals surface area contributed by atoms with E-state index in [1.54, 1.807) is 6.07 Å². The lowest BCUT2D eigenvalue weighted by atomic mass is 10.1. The maximum atomic E-state index is 12.3. The molecular weight excluding hydrogens is 389 g/mol. The van der Waals surface area contributed by atoms with Crippen molar-refractivity contribution in [3.05, 3.63) is 28.2 Å². The molecule has 0 unspecified atom stereocenters. The van der Waals surface area contributed by atoms with Crippen molar-refractivity contribution >= 4 is 33.2 Å². The van der Waals surface area contributed by atoms with Crippen LogP contribution in [0, 0.1) is 0 Å². The average Bonchev–Trinajstić information content (AvgIpc) is 2.61. The van der Waals surface area contributed by atoms with Gasteiger partial charge < -0.3 is 0 Å². The van der Waals surface area contributed by atoms with Gasteiger partial charge in [-0.15, -0.1) is 0 Å². The predicted molar refractivity (Wildman–Crippen MR) is 113 cm³/mol. The molecule has 0 aliphatic rings. The summed E-state index contributed by atoms with van der Waals surface area (Å²) in [6.07, 6.45) is 15.1. The molecule has 0 spiro atoms. The lowest BCUT2D eigenvalue weighted by molar-refractivity contribution is 0.540. The maximum absolute atomic E-state index is 12.3. The molecule has 6 heteroatoms. The van der Waals surface area contributed by atoms with Crippen LogP contribution in [0.25, 0.3) is 0 Å². The van der Waals surface area contributed by atoms with Crippen LogP contribution in [0.3, 0.4) is 0 Å². The van der Waals surface area contributed by atoms with E-state index in [1.807, 2.05) is 0 Å². The number of hydrogen-bond acceptors (Lipinski definition) is 2. The van der Waals surface area contributed by atoms with Crippen LogP contribution in [0.1, 0.15) is 84.0 Å². The van der Waals surface area contributed by atoms with Crippen LogP contribution in [0.5, 0.6) is 0 Å². The number of hydrogen-bond donors (Lipinski definition) is 1. The molecule has 1 aromatic carbocycles. The average molecular weight is 422 g/mol. The van der Waals surface area contributed by atoms with Crippen molar-refractivity contribution in [2.75, 3.05) is 6.54 Å². The molecule has 0 atom stereocenters. The Morgan fingerprint density at radius 2 is 1.31 bits per heavy atom. The van der Waals surface area contributed by atoms with Crippen LogP contribution in [-0.2, 0) is 10.0 Å². The minimum Gasteiger partial charge on any atom is -0.211 e. The third kappa shape index (κ3) is 10.1. The van der Waals surface area contributed by atoms with E-state index in [9.17, 15) is 8.42 Å². The smallest absolute Gasteiger partial charge is 0.211 e. The van der Waals surface area contributed by atoms with E-state index in [1.165, 1.54) is 69.9 Å². The number of halogens is 2. The Kier molecular flexibility index (Phi) is 12.6. The van der Waals surface area contributed by atoms with Gasteiger partial charge in [-0.05, 0) is 24.6 Å². The molecule has 1 aromatic rings. The van der Waals surface area contributed by atoms with Gasteiger partial charge >= 0.3 is 0 Å². The predicted octanol–water partition coefficient (Wildman–Crippen LogP) is 6.97. The largest absolute Gasteiger partial charge is 0.242 e. The zero-order valence-electron chi connectivity index (χ0n) is 15.9. The first kappa shape index (κ1) is 23.7. The van der Waals surface area contributed by atoms with Gasteiger partial charge in [0.25, 0.3) is 0 Å². The Hall–Kier alpha value is -0.290. The molecule has 1 N–H and O–H groups in total. The van der Waals surface area contributed by atoms with E-state index in [-0.39, 0.29) is 9.92 Å². The van der Waals surface area contributed by atoms with Gasteiger partial charge in [-0.25, -0.2) is 13.1 Å². The lowest BCUT2D eigenvalue weighted by Gasteiger charge is -2.09. The molecule has 0 heterocycles. The van der Waals surface area contributed by atoms with E-state index in [0.717, 1.165) is 19.3 Å². The van der Waals surface area contributed by atoms with Gasteiger partial charge in [0.1, 0.15) is 4.90 Å². The fourth-order valence-corrected chi connectivity index (χ4v) is 4.77. The van der Waals surface area contributed by atoms with E-state index < -0.39 is 10.0 Å². The summed E-state index contributed by atoms with van der Waals surface area (Å²) in [5.74, 6) is 0. The van der Waals surface area contributed by atoms with Crippen LogP contribution in [-0.4, -0.2) is 15.0 Å². The number of sulfonamides is 1. The number of unbranched alkanes of at least 4 members (excludes halogenated alkanes) is 11. The fraction of sp³-hybridized carbons (Fsp3) is 0.700. The van der Waals surface area contributed by atoms with E-state index in [4.69, 9.17) is 23.2 Å². The van der Waals surface area contributed by atoms with Crippen LogP contribution in [0.2, 0.25) is 10.0 Å². The van der Waals surface area contributed by atoms with Gasteiger partial charge in [-0.1, -0.05) is 101 Å². The van der Waals surface area contributed by atoms with Crippen molar-refractivity contribution in [2.45, 2.75) is 88.9 Å². The first-order valence-corrected chi connectivity index (χ1v) is 12.2. The van der Waals surface area contributed by atoms with Gasteiger partial charge in [0.05, 0.1) is 5.02 Å². The Labute approximate surface area is 169 Å². The van der Waals surface area contributed by atoms with E-state index in [0.29, 0.717) is 11.6 Å². The normalized spacial score (nSPS) is 11.8. The van der Waals surface area contributed by atoms with Crippen molar-refractivity contribution in [2.24, 2.45) is 0 Å². The molecular formula is C20H33Cl2NO2S. The molecule has 0 aliphatic heterocycles. The summed E-state index contributed by atoms with van der Waals surface area (Å²) in [5.41, 5.74) is 0. The SMILES string of the molecule is CCCCCCCCCCCCCCNS(=O)(=O)c1cc(Cl)ccc1Cl. The molecule has 0 saturated carbocycles. The zero-order chi connectivity index (χ0) is 19.3. The highest BCUT2D eigenvalue weighted by Gasteiger charge is 2.17. The first-order valence-electron chi connectivity index (χ1n) is 9.92.